The van der Waals surface area contributed by atoms with Crippen LogP contribution in [0.2, 0.25) is 0 Å². The maximum Gasteiger partial charge on any atom is 0.244 e. The van der Waals surface area contributed by atoms with Gasteiger partial charge in [-0.15, -0.1) is 11.3 Å². The predicted octanol–water partition coefficient (Wildman–Crippen LogP) is 2.17. The second-order valence-corrected chi connectivity index (χ2v) is 4.85. The SMILES string of the molecule is OCc1ccc(Oc2nc3sccn3c2CO)cc1. The third-order valence-corrected chi connectivity index (χ3v) is 3.55. The second kappa shape index (κ2) is 5.00. The first-order valence-electron chi connectivity index (χ1n) is 5.74. The first-order chi connectivity index (χ1) is 9.31. The van der Waals surface area contributed by atoms with Crippen LogP contribution in [0.3, 0.4) is 0 Å². The summed E-state index contributed by atoms with van der Waals surface area (Å²) in [5.41, 5.74) is 1.45. The molecule has 0 fully saturated rings. The van der Waals surface area contributed by atoms with Gasteiger partial charge in [0.05, 0.1) is 13.2 Å². The molecule has 0 amide bonds. The van der Waals surface area contributed by atoms with Crippen LogP contribution in [0.15, 0.2) is 35.8 Å². The van der Waals surface area contributed by atoms with E-state index < -0.39 is 0 Å². The van der Waals surface area contributed by atoms with Crippen LogP contribution in [0.25, 0.3) is 4.96 Å². The van der Waals surface area contributed by atoms with Crippen LogP contribution in [-0.4, -0.2) is 19.6 Å². The van der Waals surface area contributed by atoms with E-state index in [-0.39, 0.29) is 13.2 Å². The van der Waals surface area contributed by atoms with Gasteiger partial charge in [-0.05, 0) is 17.7 Å². The summed E-state index contributed by atoms with van der Waals surface area (Å²) < 4.78 is 7.48. The quantitative estimate of drug-likeness (QED) is 0.766. The minimum absolute atomic E-state index is 0.00236. The number of benzene rings is 1. The van der Waals surface area contributed by atoms with Gasteiger partial charge in [-0.2, -0.15) is 4.98 Å². The zero-order chi connectivity index (χ0) is 13.2. The van der Waals surface area contributed by atoms with E-state index in [1.54, 1.807) is 24.3 Å². The third kappa shape index (κ3) is 2.21. The monoisotopic (exact) mass is 276 g/mol. The summed E-state index contributed by atoms with van der Waals surface area (Å²) >= 11 is 1.48. The number of fused-ring (bicyclic) bond motifs is 1. The number of thiazole rings is 1. The van der Waals surface area contributed by atoms with E-state index in [0.717, 1.165) is 10.5 Å². The summed E-state index contributed by atoms with van der Waals surface area (Å²) in [5.74, 6) is 1.03. The van der Waals surface area contributed by atoms with Crippen LogP contribution >= 0.6 is 11.3 Å². The zero-order valence-electron chi connectivity index (χ0n) is 9.98. The Morgan fingerprint density at radius 2 is 1.95 bits per heavy atom. The van der Waals surface area contributed by atoms with Crippen LogP contribution in [0.5, 0.6) is 11.6 Å². The van der Waals surface area contributed by atoms with E-state index in [1.165, 1.54) is 11.3 Å². The highest BCUT2D eigenvalue weighted by molar-refractivity contribution is 7.15. The lowest BCUT2D eigenvalue weighted by molar-refractivity contribution is 0.269. The standard InChI is InChI=1S/C13H12N2O3S/c16-7-9-1-3-10(4-2-9)18-12-11(8-17)15-5-6-19-13(15)14-12/h1-6,16-17H,7-8H2. The molecule has 6 heteroatoms. The minimum Gasteiger partial charge on any atom is -0.437 e. The highest BCUT2D eigenvalue weighted by Gasteiger charge is 2.14. The minimum atomic E-state index is -0.137. The molecule has 19 heavy (non-hydrogen) atoms. The maximum absolute atomic E-state index is 9.41. The molecule has 0 aliphatic rings. The normalized spacial score (nSPS) is 11.1. The molecule has 5 nitrogen and oxygen atoms in total. The van der Waals surface area contributed by atoms with E-state index >= 15 is 0 Å². The van der Waals surface area contributed by atoms with Crippen molar-refractivity contribution in [1.82, 2.24) is 9.38 Å². The Labute approximate surface area is 113 Å². The molecule has 3 rings (SSSR count). The fourth-order valence-electron chi connectivity index (χ4n) is 1.81. The Balaban J connectivity index is 1.93. The number of ether oxygens (including phenoxy) is 1. The largest absolute Gasteiger partial charge is 0.437 e. The third-order valence-electron chi connectivity index (χ3n) is 2.79. The van der Waals surface area contributed by atoms with Crippen LogP contribution in [-0.2, 0) is 13.2 Å². The number of hydrogen-bond donors (Lipinski definition) is 2. The van der Waals surface area contributed by atoms with Crippen molar-refractivity contribution < 1.29 is 14.9 Å². The van der Waals surface area contributed by atoms with Crippen LogP contribution in [0.4, 0.5) is 0 Å². The molecule has 0 atom stereocenters. The smallest absolute Gasteiger partial charge is 0.244 e. The number of aliphatic hydroxyl groups excluding tert-OH is 2. The van der Waals surface area contributed by atoms with E-state index in [0.29, 0.717) is 17.3 Å². The number of aromatic nitrogens is 2. The fraction of sp³-hybridized carbons (Fsp3) is 0.154. The van der Waals surface area contributed by atoms with Crippen molar-refractivity contribution >= 4 is 16.3 Å². The average molecular weight is 276 g/mol. The molecule has 0 aliphatic heterocycles. The van der Waals surface area contributed by atoms with E-state index in [4.69, 9.17) is 9.84 Å². The summed E-state index contributed by atoms with van der Waals surface area (Å²) in [5, 5.41) is 20.3. The molecule has 0 saturated heterocycles. The first-order valence-corrected chi connectivity index (χ1v) is 6.62. The summed E-state index contributed by atoms with van der Waals surface area (Å²) in [4.78, 5) is 5.11. The molecular weight excluding hydrogens is 264 g/mol. The molecule has 2 N–H and O–H groups in total. The molecule has 0 unspecified atom stereocenters. The topological polar surface area (TPSA) is 67.0 Å². The first kappa shape index (κ1) is 12.2. The highest BCUT2D eigenvalue weighted by Crippen LogP contribution is 2.28. The van der Waals surface area contributed by atoms with Gasteiger partial charge in [-0.25, -0.2) is 0 Å². The van der Waals surface area contributed by atoms with Crippen LogP contribution in [0.1, 0.15) is 11.3 Å². The Kier molecular flexibility index (Phi) is 3.20. The van der Waals surface area contributed by atoms with E-state index in [9.17, 15) is 5.11 Å². The van der Waals surface area contributed by atoms with Crippen molar-refractivity contribution in [2.45, 2.75) is 13.2 Å². The van der Waals surface area contributed by atoms with Crippen molar-refractivity contribution in [1.29, 1.82) is 0 Å². The Bertz CT molecular complexity index is 688. The van der Waals surface area contributed by atoms with Gasteiger partial charge >= 0.3 is 0 Å². The van der Waals surface area contributed by atoms with Crippen LogP contribution < -0.4 is 4.74 Å². The molecule has 3 aromatic rings. The number of hydrogen-bond acceptors (Lipinski definition) is 5. The fourth-order valence-corrected chi connectivity index (χ4v) is 2.54. The van der Waals surface area contributed by atoms with E-state index in [2.05, 4.69) is 4.98 Å². The average Bonchev–Trinajstić information content (AvgIpc) is 3.00. The van der Waals surface area contributed by atoms with Crippen molar-refractivity contribution in [3.05, 3.63) is 47.1 Å². The Hall–Kier alpha value is -1.89. The van der Waals surface area contributed by atoms with Crippen molar-refractivity contribution in [2.24, 2.45) is 0 Å². The van der Waals surface area contributed by atoms with Gasteiger partial charge in [-0.1, -0.05) is 12.1 Å². The van der Waals surface area contributed by atoms with Gasteiger partial charge < -0.3 is 14.9 Å². The van der Waals surface area contributed by atoms with Crippen molar-refractivity contribution in [2.75, 3.05) is 0 Å². The van der Waals surface area contributed by atoms with Gasteiger partial charge in [0, 0.05) is 11.6 Å². The molecule has 1 aromatic carbocycles. The summed E-state index contributed by atoms with van der Waals surface area (Å²) in [7, 11) is 0. The lowest BCUT2D eigenvalue weighted by Gasteiger charge is -2.05. The van der Waals surface area contributed by atoms with Gasteiger partial charge in [-0.3, -0.25) is 4.40 Å². The van der Waals surface area contributed by atoms with Gasteiger partial charge in [0.2, 0.25) is 5.88 Å². The molecular formula is C13H12N2O3S. The summed E-state index contributed by atoms with van der Waals surface area (Å²) in [6.45, 7) is -0.135. The molecule has 0 spiro atoms. The number of rotatable bonds is 4. The molecule has 0 saturated carbocycles. The molecule has 0 aliphatic carbocycles. The van der Waals surface area contributed by atoms with Gasteiger partial charge in [0.15, 0.2) is 4.96 Å². The molecule has 0 radical (unpaired) electrons. The molecule has 2 aromatic heterocycles. The summed E-state index contributed by atoms with van der Waals surface area (Å²) in [6.07, 6.45) is 1.85. The Morgan fingerprint density at radius 1 is 1.16 bits per heavy atom. The lowest BCUT2D eigenvalue weighted by atomic mass is 10.2. The summed E-state index contributed by atoms with van der Waals surface area (Å²) in [6, 6.07) is 7.10. The molecule has 2 heterocycles. The molecule has 98 valence electrons. The predicted molar refractivity (Wildman–Crippen MR) is 71.4 cm³/mol. The van der Waals surface area contributed by atoms with E-state index in [1.807, 2.05) is 16.0 Å². The number of aliphatic hydroxyl groups is 2. The zero-order valence-corrected chi connectivity index (χ0v) is 10.8. The lowest BCUT2D eigenvalue weighted by Crippen LogP contribution is -1.93. The number of imidazole rings is 1. The maximum atomic E-state index is 9.41. The van der Waals surface area contributed by atoms with Crippen LogP contribution in [0, 0.1) is 0 Å². The second-order valence-electron chi connectivity index (χ2n) is 3.98. The van der Waals surface area contributed by atoms with Crippen molar-refractivity contribution in [3.63, 3.8) is 0 Å². The highest BCUT2D eigenvalue weighted by atomic mass is 32.1. The van der Waals surface area contributed by atoms with Gasteiger partial charge in [0.25, 0.3) is 0 Å². The Morgan fingerprint density at radius 3 is 2.63 bits per heavy atom. The number of nitrogens with zero attached hydrogens (tertiary/aromatic N) is 2. The molecule has 0 bridgehead atoms. The van der Waals surface area contributed by atoms with Gasteiger partial charge in [0.1, 0.15) is 11.4 Å². The van der Waals surface area contributed by atoms with Crippen molar-refractivity contribution in [3.8, 4) is 11.6 Å².